The van der Waals surface area contributed by atoms with Gasteiger partial charge in [-0.25, -0.2) is 6.07 Å². The summed E-state index contributed by atoms with van der Waals surface area (Å²) in [6.07, 6.45) is 4.87. The van der Waals surface area contributed by atoms with E-state index in [4.69, 9.17) is 23.2 Å². The minimum Gasteiger partial charge on any atom is -1.00 e. The topological polar surface area (TPSA) is 0 Å². The van der Waals surface area contributed by atoms with Gasteiger partial charge in [-0.15, -0.1) is 11.1 Å². The molecule has 0 fully saturated rings. The Kier molecular flexibility index (Phi) is 17.5. The molecule has 1 aliphatic rings. The molecule has 0 bridgehead atoms. The molecule has 0 amide bonds. The normalized spacial score (nSPS) is 11.8. The predicted octanol–water partition coefficient (Wildman–Crippen LogP) is 7.82. The number of hydrogen-bond acceptors (Lipinski definition) is 0. The van der Waals surface area contributed by atoms with Gasteiger partial charge in [-0.3, -0.25) is 0 Å². The first-order valence-corrected chi connectivity index (χ1v) is 19.9. The molecule has 0 radical (unpaired) electrons. The van der Waals surface area contributed by atoms with E-state index >= 15 is 0 Å². The molecule has 5 heteroatoms. The fourth-order valence-corrected chi connectivity index (χ4v) is 7.12. The smallest absolute Gasteiger partial charge is 1.00 e. The Morgan fingerprint density at radius 1 is 0.692 bits per heavy atom. The van der Waals surface area contributed by atoms with Crippen molar-refractivity contribution in [1.82, 2.24) is 0 Å². The zero-order valence-electron chi connectivity index (χ0n) is 32.6. The van der Waals surface area contributed by atoms with Crippen LogP contribution in [-0.4, -0.2) is 3.21 Å². The summed E-state index contributed by atoms with van der Waals surface area (Å²) in [4.78, 5) is 0. The van der Waals surface area contributed by atoms with Gasteiger partial charge in [0.2, 0.25) is 0 Å². The van der Waals surface area contributed by atoms with Crippen LogP contribution in [0.2, 0.25) is 10.0 Å². The Balaban J connectivity index is 0.000000273. The number of aryl methyl sites for hydroxylation is 1. The van der Waals surface area contributed by atoms with Crippen LogP contribution in [-0.2, 0) is 53.3 Å². The molecule has 0 saturated carbocycles. The molecule has 52 heavy (non-hydrogen) atoms. The first kappa shape index (κ1) is 46.3. The van der Waals surface area contributed by atoms with Crippen LogP contribution in [0.4, 0.5) is 0 Å². The molecule has 6 rings (SSSR count). The molecule has 276 valence electrons. The molecule has 5 aromatic rings. The molecule has 0 saturated heterocycles. The third-order valence-electron chi connectivity index (χ3n) is 9.19. The van der Waals surface area contributed by atoms with Gasteiger partial charge in [-0.05, 0) is 28.4 Å². The summed E-state index contributed by atoms with van der Waals surface area (Å²) in [5, 5.41) is 1.53. The third kappa shape index (κ3) is 12.9. The van der Waals surface area contributed by atoms with Crippen LogP contribution in [0.25, 0.3) is 11.1 Å². The van der Waals surface area contributed by atoms with Gasteiger partial charge in [-0.1, -0.05) is 118 Å². The quantitative estimate of drug-likeness (QED) is 0.156. The molecule has 0 nitrogen and oxygen atoms in total. The molecular formula is C47H54Cl4Zr-2. The van der Waals surface area contributed by atoms with Crippen molar-refractivity contribution >= 4 is 26.4 Å². The van der Waals surface area contributed by atoms with Crippen molar-refractivity contribution in [1.29, 1.82) is 0 Å². The first-order valence-electron chi connectivity index (χ1n) is 17.9. The van der Waals surface area contributed by atoms with Crippen LogP contribution in [0.3, 0.4) is 0 Å². The van der Waals surface area contributed by atoms with Crippen LogP contribution in [0.5, 0.6) is 0 Å². The molecular weight excluding hydrogens is 798 g/mol. The van der Waals surface area contributed by atoms with Gasteiger partial charge >= 0.3 is 120 Å². The van der Waals surface area contributed by atoms with E-state index in [-0.39, 0.29) is 35.6 Å². The summed E-state index contributed by atoms with van der Waals surface area (Å²) >= 11 is 13.3. The van der Waals surface area contributed by atoms with Crippen molar-refractivity contribution in [3.63, 3.8) is 0 Å². The maximum atomic E-state index is 5.98. The van der Waals surface area contributed by atoms with Crippen molar-refractivity contribution in [2.24, 2.45) is 0 Å². The number of rotatable bonds is 5. The van der Waals surface area contributed by atoms with E-state index in [1.807, 2.05) is 36.4 Å². The zero-order valence-corrected chi connectivity index (χ0v) is 38.1. The van der Waals surface area contributed by atoms with Crippen LogP contribution in [0.1, 0.15) is 127 Å². The van der Waals surface area contributed by atoms with Crippen LogP contribution >= 0.6 is 23.2 Å². The second-order valence-electron chi connectivity index (χ2n) is 16.6. The van der Waals surface area contributed by atoms with Crippen molar-refractivity contribution in [3.05, 3.63) is 158 Å². The Labute approximate surface area is 352 Å². The summed E-state index contributed by atoms with van der Waals surface area (Å²) in [7, 11) is 0. The van der Waals surface area contributed by atoms with E-state index in [1.54, 1.807) is 0 Å². The second-order valence-corrected chi connectivity index (χ2v) is 18.7. The molecule has 0 N–H and O–H groups in total. The van der Waals surface area contributed by atoms with E-state index in [0.29, 0.717) is 5.41 Å². The maximum absolute atomic E-state index is 5.98. The molecule has 0 unspecified atom stereocenters. The number of benzene rings is 4. The molecule has 0 aliphatic heterocycles. The van der Waals surface area contributed by atoms with Gasteiger partial charge in [-0.2, -0.15) is 47.0 Å². The van der Waals surface area contributed by atoms with E-state index in [0.717, 1.165) is 27.6 Å². The minimum atomic E-state index is 0. The molecule has 0 heterocycles. The third-order valence-corrected chi connectivity index (χ3v) is 11.1. The maximum Gasteiger partial charge on any atom is -1.00 e. The van der Waals surface area contributed by atoms with Crippen LogP contribution in [0, 0.1) is 6.07 Å². The first-order chi connectivity index (χ1) is 23.4. The van der Waals surface area contributed by atoms with Crippen molar-refractivity contribution in [2.45, 2.75) is 111 Å². The van der Waals surface area contributed by atoms with Gasteiger partial charge < -0.3 is 24.8 Å². The molecule has 5 aromatic carbocycles. The van der Waals surface area contributed by atoms with Crippen LogP contribution in [0.15, 0.2) is 97.1 Å². The number of unbranched alkanes of at least 4 members (excludes halogenated alkanes) is 1. The summed E-state index contributed by atoms with van der Waals surface area (Å²) in [5.41, 5.74) is 14.3. The SMILES string of the molecule is CC(C)(C)c1[c-]c2c(cc1)-c1ccc(C(C)(C)C)cc1C2.CCCCc1cc(C(C)(C)C)c[cH-]1.Clc1cccc([C](=[Zr+2])c2cccc(Cl)c2)c1.[Cl-].[Cl-]. The molecule has 0 spiro atoms. The Hall–Kier alpha value is -1.86. The summed E-state index contributed by atoms with van der Waals surface area (Å²) in [6, 6.07) is 37.8. The molecule has 0 atom stereocenters. The second kappa shape index (κ2) is 19.6. The largest absolute Gasteiger partial charge is 1.00 e. The van der Waals surface area contributed by atoms with Gasteiger partial charge in [0.1, 0.15) is 0 Å². The number of halogens is 4. The monoisotopic (exact) mass is 848 g/mol. The fraction of sp³-hybridized carbons (Fsp3) is 0.362. The molecule has 1 aliphatic carbocycles. The Morgan fingerprint density at radius 3 is 1.73 bits per heavy atom. The van der Waals surface area contributed by atoms with Gasteiger partial charge in [0, 0.05) is 0 Å². The van der Waals surface area contributed by atoms with Crippen molar-refractivity contribution in [2.75, 3.05) is 0 Å². The number of hydrogen-bond donors (Lipinski definition) is 0. The van der Waals surface area contributed by atoms with Gasteiger partial charge in [0.05, 0.1) is 0 Å². The van der Waals surface area contributed by atoms with Crippen LogP contribution < -0.4 is 24.8 Å². The summed E-state index contributed by atoms with van der Waals surface area (Å²) < 4.78 is 1.26. The van der Waals surface area contributed by atoms with E-state index in [9.17, 15) is 0 Å². The minimum absolute atomic E-state index is 0. The average Bonchev–Trinajstić information content (AvgIpc) is 3.68. The summed E-state index contributed by atoms with van der Waals surface area (Å²) in [6.45, 7) is 22.7. The van der Waals surface area contributed by atoms with Gasteiger partial charge in [0.25, 0.3) is 0 Å². The van der Waals surface area contributed by atoms with Crippen molar-refractivity contribution in [3.8, 4) is 11.1 Å². The predicted molar refractivity (Wildman–Crippen MR) is 216 cm³/mol. The van der Waals surface area contributed by atoms with E-state index in [2.05, 4.69) is 136 Å². The Bertz CT molecular complexity index is 1800. The standard InChI is InChI=1S/C21H25.C13H8Cl2.C13H21.2ClH.Zr/c1-20(2,3)16-7-9-18-14(12-16)11-15-13-17(21(4,5)6)8-10-19(15)18;14-12-5-1-3-10(8-12)7-11-4-2-6-13(15)9-11;1-5-6-7-11-8-9-12(10-11)13(2,3)4;;;/h7-10,12H,11H2,1-6H3;1-6,8-9H;8-10H,5-7H2,1-4H3;2*1H;/q-1;;-1;;;+2/p-2. The summed E-state index contributed by atoms with van der Waals surface area (Å²) in [5.74, 6) is 0. The van der Waals surface area contributed by atoms with Crippen molar-refractivity contribution < 1.29 is 49.0 Å². The van der Waals surface area contributed by atoms with E-state index < -0.39 is 0 Å². The number of fused-ring (bicyclic) bond motifs is 3. The Morgan fingerprint density at radius 2 is 1.25 bits per heavy atom. The fourth-order valence-electron chi connectivity index (χ4n) is 5.98. The molecule has 0 aromatic heterocycles. The average molecular weight is 852 g/mol. The van der Waals surface area contributed by atoms with E-state index in [1.165, 1.54) is 91.2 Å². The zero-order chi connectivity index (χ0) is 36.9. The van der Waals surface area contributed by atoms with Gasteiger partial charge in [0.15, 0.2) is 0 Å².